The quantitative estimate of drug-likeness (QED) is 0.148. The Bertz CT molecular complexity index is 1430. The monoisotopic (exact) mass is 600 g/mol. The molecule has 44 heavy (non-hydrogen) atoms. The molecule has 3 aromatic carbocycles. The van der Waals surface area contributed by atoms with Crippen LogP contribution in [0.2, 0.25) is 0 Å². The van der Waals surface area contributed by atoms with Crippen molar-refractivity contribution in [3.05, 3.63) is 95.8 Å². The SMILES string of the molecule is CC=CC1CCC(C2CC=C(c3ccc(-c4ccc(-c5ccc(OCCCCCCC)c(F)c5F)cc4)cc3F)CC2)CC1. The first-order chi connectivity index (χ1) is 21.5. The summed E-state index contributed by atoms with van der Waals surface area (Å²) in [5.41, 5.74) is 4.14. The van der Waals surface area contributed by atoms with Gasteiger partial charge in [0, 0.05) is 11.1 Å². The summed E-state index contributed by atoms with van der Waals surface area (Å²) < 4.78 is 50.6. The summed E-state index contributed by atoms with van der Waals surface area (Å²) in [5.74, 6) is 0.125. The van der Waals surface area contributed by atoms with Gasteiger partial charge in [0.2, 0.25) is 5.82 Å². The highest BCUT2D eigenvalue weighted by Crippen LogP contribution is 2.42. The highest BCUT2D eigenvalue weighted by Gasteiger charge is 2.28. The number of hydrogen-bond acceptors (Lipinski definition) is 1. The Morgan fingerprint density at radius 3 is 2.11 bits per heavy atom. The molecule has 1 nitrogen and oxygen atoms in total. The molecule has 3 aromatic rings. The Morgan fingerprint density at radius 1 is 0.727 bits per heavy atom. The second kappa shape index (κ2) is 15.6. The van der Waals surface area contributed by atoms with Crippen LogP contribution in [0.4, 0.5) is 13.2 Å². The van der Waals surface area contributed by atoms with E-state index < -0.39 is 11.6 Å². The highest BCUT2D eigenvalue weighted by molar-refractivity contribution is 5.74. The molecule has 0 spiro atoms. The molecule has 5 rings (SSSR count). The van der Waals surface area contributed by atoms with Crippen molar-refractivity contribution in [1.29, 1.82) is 0 Å². The second-order valence-corrected chi connectivity index (χ2v) is 12.7. The number of unbranched alkanes of at least 4 members (excludes halogenated alkanes) is 4. The van der Waals surface area contributed by atoms with E-state index in [2.05, 4.69) is 32.1 Å². The number of rotatable bonds is 12. The first kappa shape index (κ1) is 32.1. The Morgan fingerprint density at radius 2 is 1.43 bits per heavy atom. The Labute approximate surface area is 262 Å². The highest BCUT2D eigenvalue weighted by atomic mass is 19.2. The molecule has 0 amide bonds. The maximum atomic E-state index is 15.4. The first-order valence-electron chi connectivity index (χ1n) is 16.8. The summed E-state index contributed by atoms with van der Waals surface area (Å²) in [6, 6.07) is 15.7. The van der Waals surface area contributed by atoms with Gasteiger partial charge in [-0.2, -0.15) is 4.39 Å². The lowest BCUT2D eigenvalue weighted by Crippen LogP contribution is -2.22. The minimum atomic E-state index is -0.960. The van der Waals surface area contributed by atoms with Crippen LogP contribution in [0.3, 0.4) is 0 Å². The van der Waals surface area contributed by atoms with Crippen LogP contribution in [-0.4, -0.2) is 6.61 Å². The fourth-order valence-corrected chi connectivity index (χ4v) is 7.16. The number of halogens is 3. The Balaban J connectivity index is 1.20. The van der Waals surface area contributed by atoms with Crippen LogP contribution in [0.1, 0.15) is 96.5 Å². The van der Waals surface area contributed by atoms with Gasteiger partial charge in [0.1, 0.15) is 5.82 Å². The molecule has 2 aliphatic rings. The average Bonchev–Trinajstić information content (AvgIpc) is 3.05. The Hall–Kier alpha value is -3.27. The van der Waals surface area contributed by atoms with Crippen LogP contribution in [0, 0.1) is 35.2 Å². The van der Waals surface area contributed by atoms with Crippen LogP contribution in [-0.2, 0) is 0 Å². The molecule has 0 aliphatic heterocycles. The number of benzene rings is 3. The maximum Gasteiger partial charge on any atom is 0.201 e. The van der Waals surface area contributed by atoms with Gasteiger partial charge < -0.3 is 4.74 Å². The average molecular weight is 601 g/mol. The predicted molar refractivity (Wildman–Crippen MR) is 177 cm³/mol. The zero-order chi connectivity index (χ0) is 30.9. The van der Waals surface area contributed by atoms with E-state index in [9.17, 15) is 8.78 Å². The van der Waals surface area contributed by atoms with Gasteiger partial charge in [0.05, 0.1) is 6.61 Å². The van der Waals surface area contributed by atoms with Gasteiger partial charge in [-0.3, -0.25) is 0 Å². The third-order valence-corrected chi connectivity index (χ3v) is 9.80. The van der Waals surface area contributed by atoms with Gasteiger partial charge in [-0.15, -0.1) is 0 Å². The molecule has 1 fully saturated rings. The minimum Gasteiger partial charge on any atom is -0.490 e. The van der Waals surface area contributed by atoms with Crippen LogP contribution >= 0.6 is 0 Å². The van der Waals surface area contributed by atoms with Gasteiger partial charge in [-0.05, 0) is 117 Å². The van der Waals surface area contributed by atoms with Crippen molar-refractivity contribution in [3.8, 4) is 28.0 Å². The van der Waals surface area contributed by atoms with Gasteiger partial charge >= 0.3 is 0 Å². The van der Waals surface area contributed by atoms with Crippen molar-refractivity contribution in [2.45, 2.75) is 90.9 Å². The summed E-state index contributed by atoms with van der Waals surface area (Å²) >= 11 is 0. The normalized spacial score (nSPS) is 20.6. The van der Waals surface area contributed by atoms with Crippen molar-refractivity contribution in [1.82, 2.24) is 0 Å². The zero-order valence-electron chi connectivity index (χ0n) is 26.4. The summed E-state index contributed by atoms with van der Waals surface area (Å²) in [4.78, 5) is 0. The molecule has 0 radical (unpaired) electrons. The van der Waals surface area contributed by atoms with Crippen molar-refractivity contribution < 1.29 is 17.9 Å². The molecule has 0 heterocycles. The molecule has 0 N–H and O–H groups in total. The minimum absolute atomic E-state index is 0.0512. The van der Waals surface area contributed by atoms with Gasteiger partial charge in [0.15, 0.2) is 11.6 Å². The first-order valence-corrected chi connectivity index (χ1v) is 16.8. The number of hydrogen-bond donors (Lipinski definition) is 0. The molecule has 1 saturated carbocycles. The van der Waals surface area contributed by atoms with Crippen LogP contribution in [0.25, 0.3) is 27.8 Å². The van der Waals surface area contributed by atoms with Crippen LogP contribution in [0.5, 0.6) is 5.75 Å². The molecule has 0 saturated heterocycles. The van der Waals surface area contributed by atoms with Crippen molar-refractivity contribution in [3.63, 3.8) is 0 Å². The van der Waals surface area contributed by atoms with Crippen LogP contribution < -0.4 is 4.74 Å². The lowest BCUT2D eigenvalue weighted by molar-refractivity contribution is 0.212. The van der Waals surface area contributed by atoms with Crippen molar-refractivity contribution in [2.24, 2.45) is 17.8 Å². The predicted octanol–water partition coefficient (Wildman–Crippen LogP) is 12.4. The lowest BCUT2D eigenvalue weighted by atomic mass is 9.71. The third kappa shape index (κ3) is 7.86. The summed E-state index contributed by atoms with van der Waals surface area (Å²) in [7, 11) is 0. The van der Waals surface area contributed by atoms with E-state index in [4.69, 9.17) is 4.74 Å². The van der Waals surface area contributed by atoms with E-state index in [0.717, 1.165) is 73.5 Å². The zero-order valence-corrected chi connectivity index (χ0v) is 26.4. The van der Waals surface area contributed by atoms with E-state index in [1.54, 1.807) is 24.3 Å². The number of ether oxygens (including phenoxy) is 1. The van der Waals surface area contributed by atoms with E-state index in [-0.39, 0.29) is 17.1 Å². The Kier molecular flexibility index (Phi) is 11.4. The fourth-order valence-electron chi connectivity index (χ4n) is 7.16. The second-order valence-electron chi connectivity index (χ2n) is 12.7. The molecule has 0 bridgehead atoms. The van der Waals surface area contributed by atoms with Gasteiger partial charge in [0.25, 0.3) is 0 Å². The smallest absolute Gasteiger partial charge is 0.201 e. The fraction of sp³-hybridized carbons (Fsp3) is 0.450. The maximum absolute atomic E-state index is 15.4. The largest absolute Gasteiger partial charge is 0.490 e. The van der Waals surface area contributed by atoms with E-state index in [1.807, 2.05) is 24.3 Å². The van der Waals surface area contributed by atoms with E-state index >= 15 is 4.39 Å². The van der Waals surface area contributed by atoms with Crippen molar-refractivity contribution in [2.75, 3.05) is 6.61 Å². The molecule has 0 aromatic heterocycles. The molecule has 2 aliphatic carbocycles. The lowest BCUT2D eigenvalue weighted by Gasteiger charge is -2.35. The molecule has 234 valence electrons. The number of allylic oxidation sites excluding steroid dienone is 4. The molecule has 1 unspecified atom stereocenters. The van der Waals surface area contributed by atoms with Crippen molar-refractivity contribution >= 4 is 5.57 Å². The molecule has 4 heteroatoms. The van der Waals surface area contributed by atoms with E-state index in [0.29, 0.717) is 23.7 Å². The third-order valence-electron chi connectivity index (χ3n) is 9.80. The molecule has 1 atom stereocenters. The van der Waals surface area contributed by atoms with Crippen LogP contribution in [0.15, 0.2) is 72.8 Å². The van der Waals surface area contributed by atoms with Gasteiger partial charge in [-0.1, -0.05) is 87.2 Å². The summed E-state index contributed by atoms with van der Waals surface area (Å²) in [6.45, 7) is 4.64. The topological polar surface area (TPSA) is 9.23 Å². The molecular weight excluding hydrogens is 553 g/mol. The van der Waals surface area contributed by atoms with E-state index in [1.165, 1.54) is 38.2 Å². The summed E-state index contributed by atoms with van der Waals surface area (Å²) in [6.07, 6.45) is 20.4. The summed E-state index contributed by atoms with van der Waals surface area (Å²) in [5, 5.41) is 0. The standard InChI is InChI=1S/C40H47F3O/c1-3-5-6-7-8-26-44-38-25-24-36(39(42)40(38)43)33-20-16-31(17-21-33)34-22-23-35(37(41)27-34)32-18-14-30(15-19-32)29-12-10-28(9-4-2)11-13-29/h4,9,16-18,20-25,27-30H,3,5-8,10-15,19,26H2,1-2H3. The van der Waals surface area contributed by atoms with Gasteiger partial charge in [-0.25, -0.2) is 8.78 Å². The molecular formula is C40H47F3O.